The Kier molecular flexibility index (Phi) is 1.37. The maximum absolute atomic E-state index is 8.41. The minimum absolute atomic E-state index is 0. The van der Waals surface area contributed by atoms with E-state index in [4.69, 9.17) is 10.0 Å². The lowest BCUT2D eigenvalue weighted by Crippen LogP contribution is -2.27. The number of rotatable bonds is 1. The van der Waals surface area contributed by atoms with E-state index in [-0.39, 0.29) is 2.85 Å². The molecule has 2 N–H and O–H groups in total. The second-order valence-electron chi connectivity index (χ2n) is 1.43. The van der Waals surface area contributed by atoms with Crippen molar-refractivity contribution in [1.29, 1.82) is 0 Å². The van der Waals surface area contributed by atoms with Gasteiger partial charge in [-0.2, -0.15) is 0 Å². The van der Waals surface area contributed by atoms with Gasteiger partial charge >= 0.3 is 7.12 Å². The van der Waals surface area contributed by atoms with Crippen molar-refractivity contribution < 1.29 is 17.3 Å². The molecule has 46 valence electrons. The molecule has 4 heteroatoms. The zero-order chi connectivity index (χ0) is 5.98. The van der Waals surface area contributed by atoms with Gasteiger partial charge in [0, 0.05) is 8.32 Å². The van der Waals surface area contributed by atoms with Gasteiger partial charge in [0.1, 0.15) is 0 Å². The second kappa shape index (κ2) is 2.02. The molecule has 0 amide bonds. The van der Waals surface area contributed by atoms with Crippen molar-refractivity contribution in [3.63, 3.8) is 0 Å². The Hall–Kier alpha value is -0.735. The van der Waals surface area contributed by atoms with Gasteiger partial charge in [0.25, 0.3) is 0 Å². The van der Waals surface area contributed by atoms with E-state index < -0.39 is 7.12 Å². The SMILES string of the molecule is OB(O)c1ccoc1.[HH].[HH]. The molecule has 0 aliphatic heterocycles. The predicted octanol–water partition coefficient (Wildman–Crippen LogP) is -0.549. The molecule has 1 heterocycles. The van der Waals surface area contributed by atoms with Gasteiger partial charge in [0.15, 0.2) is 0 Å². The molecule has 8 heavy (non-hydrogen) atoms. The lowest BCUT2D eigenvalue weighted by atomic mass is 9.83. The van der Waals surface area contributed by atoms with Gasteiger partial charge in [-0.15, -0.1) is 0 Å². The molecular formula is C4H9BO3. The normalized spacial score (nSPS) is 9.25. The molecule has 0 aliphatic rings. The number of hydrogen-bond acceptors (Lipinski definition) is 3. The van der Waals surface area contributed by atoms with E-state index in [2.05, 4.69) is 4.42 Å². The van der Waals surface area contributed by atoms with E-state index in [1.807, 2.05) is 0 Å². The zero-order valence-corrected chi connectivity index (χ0v) is 4.11. The van der Waals surface area contributed by atoms with E-state index in [1.54, 1.807) is 0 Å². The highest BCUT2D eigenvalue weighted by Gasteiger charge is 2.10. The van der Waals surface area contributed by atoms with Crippen molar-refractivity contribution in [2.45, 2.75) is 0 Å². The fourth-order valence-corrected chi connectivity index (χ4v) is 0.422. The summed E-state index contributed by atoms with van der Waals surface area (Å²) < 4.78 is 4.56. The third kappa shape index (κ3) is 0.909. The molecule has 0 aliphatic carbocycles. The van der Waals surface area contributed by atoms with Crippen LogP contribution >= 0.6 is 0 Å². The molecule has 0 spiro atoms. The molecule has 0 atom stereocenters. The molecule has 0 saturated carbocycles. The van der Waals surface area contributed by atoms with E-state index in [0.29, 0.717) is 5.46 Å². The van der Waals surface area contributed by atoms with Crippen molar-refractivity contribution in [3.05, 3.63) is 18.6 Å². The summed E-state index contributed by atoms with van der Waals surface area (Å²) in [6, 6.07) is 1.49. The molecule has 3 nitrogen and oxygen atoms in total. The van der Waals surface area contributed by atoms with E-state index in [0.717, 1.165) is 0 Å². The molecule has 1 aromatic heterocycles. The molecule has 0 bridgehead atoms. The van der Waals surface area contributed by atoms with Crippen molar-refractivity contribution in [3.8, 4) is 0 Å². The first kappa shape index (κ1) is 5.40. The molecule has 0 unspecified atom stereocenters. The highest BCUT2D eigenvalue weighted by Crippen LogP contribution is 1.82. The molecule has 0 fully saturated rings. The van der Waals surface area contributed by atoms with Crippen molar-refractivity contribution in [2.75, 3.05) is 0 Å². The van der Waals surface area contributed by atoms with Crippen LogP contribution in [-0.2, 0) is 0 Å². The first-order valence-corrected chi connectivity index (χ1v) is 2.19. The largest absolute Gasteiger partial charge is 0.491 e. The van der Waals surface area contributed by atoms with Crippen molar-refractivity contribution in [2.24, 2.45) is 0 Å². The summed E-state index contributed by atoms with van der Waals surface area (Å²) in [5.74, 6) is 0. The molecule has 1 rings (SSSR count). The first-order valence-electron chi connectivity index (χ1n) is 2.19. The predicted molar refractivity (Wildman–Crippen MR) is 32.8 cm³/mol. The van der Waals surface area contributed by atoms with E-state index >= 15 is 0 Å². The van der Waals surface area contributed by atoms with Gasteiger partial charge in [0.05, 0.1) is 12.5 Å². The molecular weight excluding hydrogens is 107 g/mol. The van der Waals surface area contributed by atoms with E-state index in [9.17, 15) is 0 Å². The van der Waals surface area contributed by atoms with Crippen LogP contribution in [0, 0.1) is 0 Å². The van der Waals surface area contributed by atoms with Crippen LogP contribution in [0.4, 0.5) is 0 Å². The van der Waals surface area contributed by atoms with Crippen LogP contribution in [0.3, 0.4) is 0 Å². The highest BCUT2D eigenvalue weighted by molar-refractivity contribution is 6.58. The Bertz CT molecular complexity index is 154. The third-order valence-electron chi connectivity index (χ3n) is 0.841. The number of furan rings is 1. The monoisotopic (exact) mass is 116 g/mol. The van der Waals surface area contributed by atoms with Crippen LogP contribution in [0.15, 0.2) is 23.0 Å². The van der Waals surface area contributed by atoms with Gasteiger partial charge in [-0.25, -0.2) is 0 Å². The van der Waals surface area contributed by atoms with Crippen molar-refractivity contribution >= 4 is 12.6 Å². The average molecular weight is 116 g/mol. The summed E-state index contributed by atoms with van der Waals surface area (Å²) in [7, 11) is -1.41. The van der Waals surface area contributed by atoms with Crippen LogP contribution < -0.4 is 5.46 Å². The standard InChI is InChI=1S/C4H5BO3.2H2/c6-5(7)4-1-2-8-3-4;;/h1-3,6-7H;2*1H. The maximum atomic E-state index is 8.41. The van der Waals surface area contributed by atoms with E-state index in [1.165, 1.54) is 18.6 Å². The van der Waals surface area contributed by atoms with Gasteiger partial charge in [-0.05, 0) is 6.07 Å². The Balaban J connectivity index is 0. The zero-order valence-electron chi connectivity index (χ0n) is 4.11. The van der Waals surface area contributed by atoms with Gasteiger partial charge < -0.3 is 14.5 Å². The quantitative estimate of drug-likeness (QED) is 0.484. The Labute approximate surface area is 49.7 Å². The summed E-state index contributed by atoms with van der Waals surface area (Å²) in [6.45, 7) is 0. The van der Waals surface area contributed by atoms with Crippen LogP contribution in [0.2, 0.25) is 0 Å². The lowest BCUT2D eigenvalue weighted by Gasteiger charge is -1.86. The Morgan fingerprint density at radius 1 is 1.62 bits per heavy atom. The van der Waals surface area contributed by atoms with Crippen LogP contribution in [0.5, 0.6) is 0 Å². The molecule has 0 aromatic carbocycles. The maximum Gasteiger partial charge on any atom is 0.491 e. The minimum atomic E-state index is -1.41. The summed E-state index contributed by atoms with van der Waals surface area (Å²) >= 11 is 0. The molecule has 0 radical (unpaired) electrons. The molecule has 1 aromatic rings. The van der Waals surface area contributed by atoms with Crippen LogP contribution in [0.1, 0.15) is 2.85 Å². The third-order valence-corrected chi connectivity index (χ3v) is 0.841. The fraction of sp³-hybridized carbons (Fsp3) is 0. The summed E-state index contributed by atoms with van der Waals surface area (Å²) in [6.07, 6.45) is 2.67. The summed E-state index contributed by atoms with van der Waals surface area (Å²) in [5, 5.41) is 16.8. The minimum Gasteiger partial charge on any atom is -0.473 e. The summed E-state index contributed by atoms with van der Waals surface area (Å²) in [4.78, 5) is 0. The molecule has 0 saturated heterocycles. The van der Waals surface area contributed by atoms with Crippen LogP contribution in [0.25, 0.3) is 0 Å². The highest BCUT2D eigenvalue weighted by atomic mass is 16.4. The Morgan fingerprint density at radius 2 is 2.38 bits per heavy atom. The fourth-order valence-electron chi connectivity index (χ4n) is 0.422. The van der Waals surface area contributed by atoms with Gasteiger partial charge in [-0.1, -0.05) is 0 Å². The van der Waals surface area contributed by atoms with Gasteiger partial charge in [-0.3, -0.25) is 0 Å². The first-order chi connectivity index (χ1) is 3.80. The lowest BCUT2D eigenvalue weighted by molar-refractivity contribution is 0.425. The summed E-state index contributed by atoms with van der Waals surface area (Å²) in [5.41, 5.74) is 0.380. The average Bonchev–Trinajstić information content (AvgIpc) is 2.12. The number of hydrogen-bond donors (Lipinski definition) is 2. The topological polar surface area (TPSA) is 53.6 Å². The van der Waals surface area contributed by atoms with Crippen LogP contribution in [-0.4, -0.2) is 17.2 Å². The van der Waals surface area contributed by atoms with Crippen molar-refractivity contribution in [1.82, 2.24) is 0 Å². The smallest absolute Gasteiger partial charge is 0.473 e. The second-order valence-corrected chi connectivity index (χ2v) is 1.43. The van der Waals surface area contributed by atoms with Gasteiger partial charge in [0.2, 0.25) is 0 Å². The Morgan fingerprint density at radius 3 is 2.62 bits per heavy atom.